The molecule has 1 aromatic carbocycles. The summed E-state index contributed by atoms with van der Waals surface area (Å²) in [5.41, 5.74) is 2.71. The van der Waals surface area contributed by atoms with E-state index in [9.17, 15) is 0 Å². The molecule has 0 aliphatic carbocycles. The quantitative estimate of drug-likeness (QED) is 0.774. The monoisotopic (exact) mass is 348 g/mol. The van der Waals surface area contributed by atoms with E-state index in [0.717, 1.165) is 26.1 Å². The van der Waals surface area contributed by atoms with Crippen molar-refractivity contribution in [2.24, 2.45) is 0 Å². The standard InChI is InChI=1S/C20H36N2OSi/c1-16-9-8-10-17(13-16)19(21-5)15-22-12-11-18(14-22)23-24(6,7)20(2,3)4/h8-10,13,18-19,21H,11-12,14-15H2,1-7H3/t18-,19+/m0/s1. The highest BCUT2D eigenvalue weighted by Crippen LogP contribution is 2.38. The summed E-state index contributed by atoms with van der Waals surface area (Å²) in [5, 5.41) is 3.77. The van der Waals surface area contributed by atoms with Crippen LogP contribution in [0.1, 0.15) is 44.4 Å². The maximum atomic E-state index is 6.61. The van der Waals surface area contributed by atoms with Gasteiger partial charge in [0, 0.05) is 25.7 Å². The normalized spacial score (nSPS) is 21.2. The van der Waals surface area contributed by atoms with Gasteiger partial charge in [-0.2, -0.15) is 0 Å². The molecule has 1 fully saturated rings. The van der Waals surface area contributed by atoms with E-state index in [-0.39, 0.29) is 5.04 Å². The third kappa shape index (κ3) is 4.91. The second-order valence-corrected chi connectivity index (χ2v) is 13.6. The third-order valence-corrected chi connectivity index (χ3v) is 10.3. The van der Waals surface area contributed by atoms with Crippen LogP contribution in [0.5, 0.6) is 0 Å². The van der Waals surface area contributed by atoms with E-state index in [0.29, 0.717) is 12.1 Å². The lowest BCUT2D eigenvalue weighted by Gasteiger charge is -2.38. The van der Waals surface area contributed by atoms with Crippen molar-refractivity contribution in [1.82, 2.24) is 10.2 Å². The van der Waals surface area contributed by atoms with Gasteiger partial charge in [-0.3, -0.25) is 4.90 Å². The molecule has 0 radical (unpaired) electrons. The van der Waals surface area contributed by atoms with Gasteiger partial charge < -0.3 is 9.74 Å². The van der Waals surface area contributed by atoms with E-state index in [2.05, 4.69) is 82.3 Å². The molecule has 1 heterocycles. The molecule has 1 saturated heterocycles. The Morgan fingerprint density at radius 2 is 2.04 bits per heavy atom. The van der Waals surface area contributed by atoms with Gasteiger partial charge in [0.25, 0.3) is 0 Å². The number of likely N-dealkylation sites (N-methyl/N-ethyl adjacent to an activating group) is 1. The highest BCUT2D eigenvalue weighted by Gasteiger charge is 2.40. The average molecular weight is 349 g/mol. The van der Waals surface area contributed by atoms with Crippen LogP contribution in [-0.4, -0.2) is 46.0 Å². The highest BCUT2D eigenvalue weighted by atomic mass is 28.4. The molecule has 0 bridgehead atoms. The van der Waals surface area contributed by atoms with Gasteiger partial charge >= 0.3 is 0 Å². The number of nitrogens with one attached hydrogen (secondary N) is 1. The van der Waals surface area contributed by atoms with Crippen LogP contribution in [0.2, 0.25) is 18.1 Å². The predicted molar refractivity (Wildman–Crippen MR) is 106 cm³/mol. The molecule has 4 heteroatoms. The van der Waals surface area contributed by atoms with E-state index < -0.39 is 8.32 Å². The lowest BCUT2D eigenvalue weighted by atomic mass is 10.0. The molecule has 3 nitrogen and oxygen atoms in total. The summed E-state index contributed by atoms with van der Waals surface area (Å²) in [6, 6.07) is 9.23. The lowest BCUT2D eigenvalue weighted by molar-refractivity contribution is 0.177. The summed E-state index contributed by atoms with van der Waals surface area (Å²) >= 11 is 0. The van der Waals surface area contributed by atoms with E-state index >= 15 is 0 Å². The smallest absolute Gasteiger partial charge is 0.192 e. The summed E-state index contributed by atoms with van der Waals surface area (Å²) in [5.74, 6) is 0. The SMILES string of the molecule is CN[C@H](CN1CC[C@H](O[Si](C)(C)C(C)(C)C)C1)c1cccc(C)c1. The number of nitrogens with zero attached hydrogens (tertiary/aromatic N) is 1. The van der Waals surface area contributed by atoms with Gasteiger partial charge in [-0.15, -0.1) is 0 Å². The summed E-state index contributed by atoms with van der Waals surface area (Å²) in [6.45, 7) is 17.1. The van der Waals surface area contributed by atoms with Crippen molar-refractivity contribution in [3.63, 3.8) is 0 Å². The van der Waals surface area contributed by atoms with Gasteiger partial charge in [-0.1, -0.05) is 50.6 Å². The first-order valence-corrected chi connectivity index (χ1v) is 12.2. The van der Waals surface area contributed by atoms with E-state index in [1.54, 1.807) is 0 Å². The minimum atomic E-state index is -1.66. The Morgan fingerprint density at radius 3 is 2.62 bits per heavy atom. The summed E-state index contributed by atoms with van der Waals surface area (Å²) in [4.78, 5) is 2.56. The van der Waals surface area contributed by atoms with E-state index in [1.807, 2.05) is 0 Å². The zero-order chi connectivity index (χ0) is 18.0. The Labute approximate surface area is 149 Å². The van der Waals surface area contributed by atoms with Crippen molar-refractivity contribution < 1.29 is 4.43 Å². The fraction of sp³-hybridized carbons (Fsp3) is 0.700. The van der Waals surface area contributed by atoms with Crippen molar-refractivity contribution in [3.8, 4) is 0 Å². The lowest BCUT2D eigenvalue weighted by Crippen LogP contribution is -2.44. The zero-order valence-corrected chi connectivity index (χ0v) is 17.6. The molecule has 1 aromatic rings. The zero-order valence-electron chi connectivity index (χ0n) is 16.6. The second kappa shape index (κ2) is 7.69. The maximum Gasteiger partial charge on any atom is 0.192 e. The molecule has 0 aromatic heterocycles. The van der Waals surface area contributed by atoms with Gasteiger partial charge in [-0.25, -0.2) is 0 Å². The first-order valence-electron chi connectivity index (χ1n) is 9.26. The molecule has 0 unspecified atom stereocenters. The maximum absolute atomic E-state index is 6.61. The minimum absolute atomic E-state index is 0.287. The van der Waals surface area contributed by atoms with Crippen molar-refractivity contribution in [3.05, 3.63) is 35.4 Å². The Balaban J connectivity index is 1.93. The van der Waals surface area contributed by atoms with Gasteiger partial charge in [0.1, 0.15) is 0 Å². The topological polar surface area (TPSA) is 24.5 Å². The summed E-state index contributed by atoms with van der Waals surface area (Å²) in [7, 11) is 0.401. The first-order chi connectivity index (χ1) is 11.1. The number of rotatable bonds is 6. The molecule has 0 saturated carbocycles. The summed E-state index contributed by atoms with van der Waals surface area (Å²) < 4.78 is 6.61. The van der Waals surface area contributed by atoms with Crippen molar-refractivity contribution in [1.29, 1.82) is 0 Å². The Kier molecular flexibility index (Phi) is 6.29. The molecule has 2 atom stereocenters. The molecule has 2 rings (SSSR count). The Bertz CT molecular complexity index is 539. The molecular weight excluding hydrogens is 312 g/mol. The van der Waals surface area contributed by atoms with Gasteiger partial charge in [0.05, 0.1) is 6.10 Å². The number of hydrogen-bond acceptors (Lipinski definition) is 3. The molecule has 0 spiro atoms. The number of benzene rings is 1. The average Bonchev–Trinajstić information content (AvgIpc) is 2.90. The van der Waals surface area contributed by atoms with Crippen LogP contribution < -0.4 is 5.32 Å². The fourth-order valence-electron chi connectivity index (χ4n) is 3.16. The molecular formula is C20H36N2OSi. The van der Waals surface area contributed by atoms with Crippen LogP contribution >= 0.6 is 0 Å². The molecule has 1 N–H and O–H groups in total. The van der Waals surface area contributed by atoms with Crippen LogP contribution in [0.25, 0.3) is 0 Å². The number of aryl methyl sites for hydroxylation is 1. The van der Waals surface area contributed by atoms with Crippen LogP contribution in [0.3, 0.4) is 0 Å². The Morgan fingerprint density at radius 1 is 1.33 bits per heavy atom. The van der Waals surface area contributed by atoms with Crippen molar-refractivity contribution in [2.45, 2.75) is 64.4 Å². The van der Waals surface area contributed by atoms with Gasteiger partial charge in [-0.05, 0) is 44.1 Å². The first kappa shape index (κ1) is 19.6. The Hall–Kier alpha value is -0.683. The molecule has 0 amide bonds. The number of hydrogen-bond donors (Lipinski definition) is 1. The second-order valence-electron chi connectivity index (χ2n) is 8.80. The highest BCUT2D eigenvalue weighted by molar-refractivity contribution is 6.74. The van der Waals surface area contributed by atoms with Crippen LogP contribution in [0.15, 0.2) is 24.3 Å². The molecule has 24 heavy (non-hydrogen) atoms. The predicted octanol–water partition coefficient (Wildman–Crippen LogP) is 4.35. The molecule has 1 aliphatic rings. The minimum Gasteiger partial charge on any atom is -0.413 e. The van der Waals surface area contributed by atoms with Crippen LogP contribution in [0.4, 0.5) is 0 Å². The third-order valence-electron chi connectivity index (χ3n) is 5.73. The van der Waals surface area contributed by atoms with Crippen LogP contribution in [0, 0.1) is 6.92 Å². The number of likely N-dealkylation sites (tertiary alicyclic amines) is 1. The van der Waals surface area contributed by atoms with E-state index in [1.165, 1.54) is 11.1 Å². The fourth-order valence-corrected chi connectivity index (χ4v) is 4.54. The molecule has 136 valence electrons. The van der Waals surface area contributed by atoms with Gasteiger partial charge in [0.15, 0.2) is 8.32 Å². The van der Waals surface area contributed by atoms with E-state index in [4.69, 9.17) is 4.43 Å². The molecule has 1 aliphatic heterocycles. The largest absolute Gasteiger partial charge is 0.413 e. The van der Waals surface area contributed by atoms with Crippen molar-refractivity contribution >= 4 is 8.32 Å². The van der Waals surface area contributed by atoms with Crippen molar-refractivity contribution in [2.75, 3.05) is 26.7 Å². The van der Waals surface area contributed by atoms with Crippen LogP contribution in [-0.2, 0) is 4.43 Å². The summed E-state index contributed by atoms with van der Waals surface area (Å²) in [6.07, 6.45) is 1.57. The van der Waals surface area contributed by atoms with Gasteiger partial charge in [0.2, 0.25) is 0 Å².